The van der Waals surface area contributed by atoms with Crippen LogP contribution in [0.4, 0.5) is 11.4 Å². The molecular formula is C21H23Br2N3O2S. The van der Waals surface area contributed by atoms with E-state index in [1.165, 1.54) is 32.1 Å². The number of piperidine rings is 1. The predicted octanol–water partition coefficient (Wildman–Crippen LogP) is 5.73. The van der Waals surface area contributed by atoms with Crippen molar-refractivity contribution < 1.29 is 9.53 Å². The molecule has 1 unspecified atom stereocenters. The van der Waals surface area contributed by atoms with Crippen LogP contribution in [0.1, 0.15) is 36.5 Å². The lowest BCUT2D eigenvalue weighted by Gasteiger charge is -2.35. The summed E-state index contributed by atoms with van der Waals surface area (Å²) < 4.78 is 6.78. The molecule has 1 aliphatic rings. The van der Waals surface area contributed by atoms with Crippen LogP contribution in [-0.2, 0) is 0 Å². The molecule has 0 saturated carbocycles. The smallest absolute Gasteiger partial charge is 0.261 e. The number of benzene rings is 2. The molecule has 1 aliphatic heterocycles. The van der Waals surface area contributed by atoms with E-state index in [1.54, 1.807) is 6.07 Å². The molecule has 2 aromatic rings. The normalized spacial score (nSPS) is 16.3. The summed E-state index contributed by atoms with van der Waals surface area (Å²) in [6, 6.07) is 12.2. The van der Waals surface area contributed by atoms with Crippen molar-refractivity contribution >= 4 is 66.5 Å². The molecule has 1 fully saturated rings. The fraction of sp³-hybridized carbons (Fsp3) is 0.333. The van der Waals surface area contributed by atoms with Gasteiger partial charge in [-0.15, -0.1) is 0 Å². The Labute approximate surface area is 193 Å². The van der Waals surface area contributed by atoms with Crippen molar-refractivity contribution in [3.05, 3.63) is 50.9 Å². The van der Waals surface area contributed by atoms with E-state index >= 15 is 0 Å². The summed E-state index contributed by atoms with van der Waals surface area (Å²) in [5.74, 6) is 0.105. The van der Waals surface area contributed by atoms with Crippen LogP contribution in [0.5, 0.6) is 5.75 Å². The number of carbonyl (C=O) groups is 1. The van der Waals surface area contributed by atoms with Crippen molar-refractivity contribution in [3.8, 4) is 5.75 Å². The van der Waals surface area contributed by atoms with E-state index in [0.717, 1.165) is 16.7 Å². The Hall–Kier alpha value is -1.64. The molecule has 5 nitrogen and oxygen atoms in total. The van der Waals surface area contributed by atoms with Crippen molar-refractivity contribution in [2.24, 2.45) is 0 Å². The van der Waals surface area contributed by atoms with Crippen molar-refractivity contribution in [1.82, 2.24) is 5.32 Å². The second-order valence-corrected chi connectivity index (χ2v) is 9.14. The van der Waals surface area contributed by atoms with E-state index in [1.807, 2.05) is 18.2 Å². The zero-order valence-electron chi connectivity index (χ0n) is 16.3. The van der Waals surface area contributed by atoms with Gasteiger partial charge in [0, 0.05) is 28.4 Å². The number of hydrogen-bond donors (Lipinski definition) is 2. The lowest BCUT2D eigenvalue weighted by Crippen LogP contribution is -2.37. The highest BCUT2D eigenvalue weighted by molar-refractivity contribution is 9.11. The van der Waals surface area contributed by atoms with Gasteiger partial charge in [0.2, 0.25) is 0 Å². The Morgan fingerprint density at radius 1 is 1.21 bits per heavy atom. The molecule has 0 radical (unpaired) electrons. The molecule has 1 saturated heterocycles. The topological polar surface area (TPSA) is 53.6 Å². The molecule has 0 aromatic heterocycles. The van der Waals surface area contributed by atoms with Crippen molar-refractivity contribution in [2.45, 2.75) is 32.2 Å². The summed E-state index contributed by atoms with van der Waals surface area (Å²) in [7, 11) is 1.52. The fourth-order valence-corrected chi connectivity index (χ4v) is 5.08. The number of amides is 1. The zero-order valence-corrected chi connectivity index (χ0v) is 20.3. The van der Waals surface area contributed by atoms with Crippen LogP contribution in [0.2, 0.25) is 0 Å². The number of carbonyl (C=O) groups excluding carboxylic acids is 1. The van der Waals surface area contributed by atoms with Gasteiger partial charge in [-0.2, -0.15) is 0 Å². The number of nitrogens with one attached hydrogen (secondary N) is 2. The number of hydrogen-bond acceptors (Lipinski definition) is 4. The van der Waals surface area contributed by atoms with Crippen LogP contribution >= 0.6 is 44.1 Å². The van der Waals surface area contributed by atoms with E-state index in [0.29, 0.717) is 21.8 Å². The maximum absolute atomic E-state index is 12.7. The first-order valence-corrected chi connectivity index (χ1v) is 11.4. The quantitative estimate of drug-likeness (QED) is 0.485. The average molecular weight is 541 g/mol. The molecule has 3 rings (SSSR count). The molecular weight excluding hydrogens is 518 g/mol. The molecule has 0 spiro atoms. The minimum atomic E-state index is -0.347. The van der Waals surface area contributed by atoms with Crippen LogP contribution in [0.25, 0.3) is 0 Å². The van der Waals surface area contributed by atoms with Crippen molar-refractivity contribution in [2.75, 3.05) is 23.9 Å². The van der Waals surface area contributed by atoms with E-state index in [2.05, 4.69) is 66.4 Å². The minimum absolute atomic E-state index is 0.229. The Morgan fingerprint density at radius 3 is 2.59 bits per heavy atom. The summed E-state index contributed by atoms with van der Waals surface area (Å²) in [4.78, 5) is 15.1. The van der Waals surface area contributed by atoms with Crippen molar-refractivity contribution in [3.63, 3.8) is 0 Å². The van der Waals surface area contributed by atoms with Gasteiger partial charge in [0.25, 0.3) is 5.91 Å². The Balaban J connectivity index is 1.64. The first-order valence-electron chi connectivity index (χ1n) is 9.41. The molecule has 0 aliphatic carbocycles. The lowest BCUT2D eigenvalue weighted by molar-refractivity contribution is 0.0974. The third-order valence-corrected chi connectivity index (χ3v) is 6.19. The third-order valence-electron chi connectivity index (χ3n) is 4.94. The Kier molecular flexibility index (Phi) is 7.54. The summed E-state index contributed by atoms with van der Waals surface area (Å²) in [5, 5.41) is 6.00. The van der Waals surface area contributed by atoms with E-state index in [9.17, 15) is 4.79 Å². The second kappa shape index (κ2) is 9.91. The molecule has 8 heteroatoms. The van der Waals surface area contributed by atoms with Gasteiger partial charge in [-0.25, -0.2) is 0 Å². The number of methoxy groups -OCH3 is 1. The summed E-state index contributed by atoms with van der Waals surface area (Å²) in [6.45, 7) is 3.36. The average Bonchev–Trinajstić information content (AvgIpc) is 2.68. The number of ether oxygens (including phenoxy) is 1. The molecule has 2 aromatic carbocycles. The summed E-state index contributed by atoms with van der Waals surface area (Å²) >= 11 is 12.1. The van der Waals surface area contributed by atoms with Crippen LogP contribution in [-0.4, -0.2) is 30.7 Å². The van der Waals surface area contributed by atoms with Gasteiger partial charge in [0.05, 0.1) is 17.1 Å². The van der Waals surface area contributed by atoms with Crippen LogP contribution < -0.4 is 20.3 Å². The SMILES string of the molecule is COc1c(Br)cc(Br)cc1C(=O)NC(=S)Nc1ccc(N2CCCCC2C)cc1. The van der Waals surface area contributed by atoms with Crippen LogP contribution in [0, 0.1) is 0 Å². The summed E-state index contributed by atoms with van der Waals surface area (Å²) in [5.41, 5.74) is 2.42. The van der Waals surface area contributed by atoms with Gasteiger partial charge in [-0.05, 0) is 90.7 Å². The van der Waals surface area contributed by atoms with E-state index in [-0.39, 0.29) is 11.0 Å². The molecule has 2 N–H and O–H groups in total. The highest BCUT2D eigenvalue weighted by Gasteiger charge is 2.19. The van der Waals surface area contributed by atoms with E-state index in [4.69, 9.17) is 17.0 Å². The van der Waals surface area contributed by atoms with Crippen LogP contribution in [0.3, 0.4) is 0 Å². The maximum atomic E-state index is 12.7. The Bertz CT molecular complexity index is 906. The van der Waals surface area contributed by atoms with Crippen LogP contribution in [0.15, 0.2) is 45.3 Å². The number of nitrogens with zero attached hydrogens (tertiary/aromatic N) is 1. The second-order valence-electron chi connectivity index (χ2n) is 6.96. The fourth-order valence-electron chi connectivity index (χ4n) is 3.49. The number of anilines is 2. The van der Waals surface area contributed by atoms with Crippen molar-refractivity contribution in [1.29, 1.82) is 0 Å². The monoisotopic (exact) mass is 539 g/mol. The number of thiocarbonyl (C=S) groups is 1. The van der Waals surface area contributed by atoms with Gasteiger partial charge in [-0.3, -0.25) is 10.1 Å². The molecule has 154 valence electrons. The lowest BCUT2D eigenvalue weighted by atomic mass is 10.0. The first kappa shape index (κ1) is 22.1. The molecule has 1 amide bonds. The van der Waals surface area contributed by atoms with Gasteiger partial charge in [0.1, 0.15) is 5.75 Å². The molecule has 0 bridgehead atoms. The van der Waals surface area contributed by atoms with Gasteiger partial charge in [-0.1, -0.05) is 15.9 Å². The minimum Gasteiger partial charge on any atom is -0.495 e. The highest BCUT2D eigenvalue weighted by atomic mass is 79.9. The summed E-state index contributed by atoms with van der Waals surface area (Å²) in [6.07, 6.45) is 3.76. The first-order chi connectivity index (χ1) is 13.9. The van der Waals surface area contributed by atoms with Gasteiger partial charge in [0.15, 0.2) is 5.11 Å². The molecule has 29 heavy (non-hydrogen) atoms. The Morgan fingerprint density at radius 2 is 1.93 bits per heavy atom. The number of rotatable bonds is 4. The van der Waals surface area contributed by atoms with Gasteiger partial charge < -0.3 is 15.0 Å². The molecule has 1 atom stereocenters. The molecule has 1 heterocycles. The largest absolute Gasteiger partial charge is 0.495 e. The third kappa shape index (κ3) is 5.49. The van der Waals surface area contributed by atoms with E-state index < -0.39 is 0 Å². The van der Waals surface area contributed by atoms with Gasteiger partial charge >= 0.3 is 0 Å². The zero-order chi connectivity index (χ0) is 21.0. The maximum Gasteiger partial charge on any atom is 0.261 e. The predicted molar refractivity (Wildman–Crippen MR) is 129 cm³/mol. The number of halogens is 2. The highest BCUT2D eigenvalue weighted by Crippen LogP contribution is 2.32. The standard InChI is InChI=1S/C21H23Br2N3O2S/c1-13-5-3-4-10-26(13)16-8-6-15(7-9-16)24-21(29)25-20(27)17-11-14(22)12-18(23)19(17)28-2/h6-9,11-13H,3-5,10H2,1-2H3,(H2,24,25,27,29).